The largest absolute Gasteiger partial charge is 0.496 e. The Labute approximate surface area is 147 Å². The third-order valence-corrected chi connectivity index (χ3v) is 4.37. The third-order valence-electron chi connectivity index (χ3n) is 3.20. The van der Waals surface area contributed by atoms with E-state index in [9.17, 15) is 4.79 Å². The molecule has 1 amide bonds. The lowest BCUT2D eigenvalue weighted by Crippen LogP contribution is -2.26. The summed E-state index contributed by atoms with van der Waals surface area (Å²) in [5.74, 6) is 0.490. The molecule has 1 atom stereocenters. The minimum Gasteiger partial charge on any atom is -0.496 e. The topological polar surface area (TPSA) is 38.3 Å². The van der Waals surface area contributed by atoms with Crippen LogP contribution in [0.5, 0.6) is 5.75 Å². The van der Waals surface area contributed by atoms with Crippen molar-refractivity contribution in [3.05, 3.63) is 62.0 Å². The van der Waals surface area contributed by atoms with Crippen molar-refractivity contribution in [3.8, 4) is 5.75 Å². The van der Waals surface area contributed by atoms with E-state index in [0.29, 0.717) is 15.6 Å². The summed E-state index contributed by atoms with van der Waals surface area (Å²) >= 11 is 15.3. The Bertz CT molecular complexity index is 707. The maximum absolute atomic E-state index is 12.3. The molecule has 0 saturated heterocycles. The van der Waals surface area contributed by atoms with Crippen molar-refractivity contribution in [3.63, 3.8) is 0 Å². The highest BCUT2D eigenvalue weighted by Gasteiger charge is 2.15. The standard InChI is InChI=1S/C16H14BrCl2NO2/c1-9(10-3-6-15(22-2)13(17)7-10)20-16(21)12-5-4-11(18)8-14(12)19/h3-9H,1-2H3,(H,20,21). The molecule has 1 unspecified atom stereocenters. The highest BCUT2D eigenvalue weighted by Crippen LogP contribution is 2.28. The third kappa shape index (κ3) is 3.94. The fourth-order valence-corrected chi connectivity index (χ4v) is 3.04. The van der Waals surface area contributed by atoms with E-state index in [4.69, 9.17) is 27.9 Å². The van der Waals surface area contributed by atoms with Crippen LogP contribution in [0.15, 0.2) is 40.9 Å². The molecular weight excluding hydrogens is 389 g/mol. The first-order chi connectivity index (χ1) is 10.4. The Hall–Kier alpha value is -1.23. The van der Waals surface area contributed by atoms with Crippen molar-refractivity contribution < 1.29 is 9.53 Å². The number of carbonyl (C=O) groups excluding carboxylic acids is 1. The second kappa shape index (κ2) is 7.36. The first-order valence-electron chi connectivity index (χ1n) is 6.51. The zero-order valence-corrected chi connectivity index (χ0v) is 15.1. The molecule has 0 radical (unpaired) electrons. The molecule has 0 fully saturated rings. The minimum atomic E-state index is -0.249. The number of rotatable bonds is 4. The summed E-state index contributed by atoms with van der Waals surface area (Å²) in [7, 11) is 1.60. The summed E-state index contributed by atoms with van der Waals surface area (Å²) in [6.07, 6.45) is 0. The molecule has 0 aliphatic rings. The molecule has 3 nitrogen and oxygen atoms in total. The van der Waals surface area contributed by atoms with Crippen LogP contribution in [-0.4, -0.2) is 13.0 Å². The van der Waals surface area contributed by atoms with Gasteiger partial charge in [-0.25, -0.2) is 0 Å². The number of hydrogen-bond acceptors (Lipinski definition) is 2. The Morgan fingerprint density at radius 2 is 1.95 bits per heavy atom. The first kappa shape index (κ1) is 17.1. The van der Waals surface area contributed by atoms with Crippen molar-refractivity contribution in [2.24, 2.45) is 0 Å². The van der Waals surface area contributed by atoms with Crippen LogP contribution < -0.4 is 10.1 Å². The van der Waals surface area contributed by atoms with Gasteiger partial charge in [-0.2, -0.15) is 0 Å². The minimum absolute atomic E-state index is 0.179. The van der Waals surface area contributed by atoms with E-state index >= 15 is 0 Å². The molecule has 2 aromatic rings. The van der Waals surface area contributed by atoms with Crippen LogP contribution in [0.4, 0.5) is 0 Å². The van der Waals surface area contributed by atoms with Crippen LogP contribution in [0, 0.1) is 0 Å². The van der Waals surface area contributed by atoms with Gasteiger partial charge >= 0.3 is 0 Å². The number of hydrogen-bond donors (Lipinski definition) is 1. The maximum Gasteiger partial charge on any atom is 0.253 e. The lowest BCUT2D eigenvalue weighted by Gasteiger charge is -2.16. The molecule has 2 aromatic carbocycles. The molecule has 0 spiro atoms. The quantitative estimate of drug-likeness (QED) is 0.757. The van der Waals surface area contributed by atoms with Gasteiger partial charge in [-0.1, -0.05) is 29.3 Å². The number of carbonyl (C=O) groups is 1. The van der Waals surface area contributed by atoms with Crippen molar-refractivity contribution >= 4 is 45.0 Å². The summed E-state index contributed by atoms with van der Waals surface area (Å²) in [6, 6.07) is 10.3. The number of amides is 1. The second-order valence-electron chi connectivity index (χ2n) is 4.71. The molecule has 1 N–H and O–H groups in total. The van der Waals surface area contributed by atoms with Gasteiger partial charge in [-0.3, -0.25) is 4.79 Å². The van der Waals surface area contributed by atoms with E-state index in [2.05, 4.69) is 21.2 Å². The molecule has 6 heteroatoms. The summed E-state index contributed by atoms with van der Waals surface area (Å²) < 4.78 is 6.02. The Morgan fingerprint density at radius 3 is 2.55 bits per heavy atom. The zero-order chi connectivity index (χ0) is 16.3. The van der Waals surface area contributed by atoms with E-state index in [1.54, 1.807) is 25.3 Å². The fourth-order valence-electron chi connectivity index (χ4n) is 1.98. The van der Waals surface area contributed by atoms with Crippen molar-refractivity contribution in [1.82, 2.24) is 5.32 Å². The van der Waals surface area contributed by atoms with Crippen LogP contribution in [0.2, 0.25) is 10.0 Å². The molecule has 0 heterocycles. The van der Waals surface area contributed by atoms with Gasteiger partial charge in [-0.05, 0) is 58.7 Å². The predicted molar refractivity (Wildman–Crippen MR) is 93.0 cm³/mol. The van der Waals surface area contributed by atoms with Gasteiger partial charge in [0, 0.05) is 5.02 Å². The molecule has 0 bridgehead atoms. The normalized spacial score (nSPS) is 11.9. The molecule has 22 heavy (non-hydrogen) atoms. The van der Waals surface area contributed by atoms with E-state index < -0.39 is 0 Å². The van der Waals surface area contributed by atoms with E-state index in [0.717, 1.165) is 15.8 Å². The van der Waals surface area contributed by atoms with Crippen LogP contribution in [-0.2, 0) is 0 Å². The second-order valence-corrected chi connectivity index (χ2v) is 6.41. The van der Waals surface area contributed by atoms with Gasteiger partial charge in [0.2, 0.25) is 0 Å². The molecule has 0 aromatic heterocycles. The molecule has 0 aliphatic heterocycles. The molecule has 0 saturated carbocycles. The summed E-state index contributed by atoms with van der Waals surface area (Å²) in [4.78, 5) is 12.3. The molecule has 2 rings (SSSR count). The fraction of sp³-hybridized carbons (Fsp3) is 0.188. The molecule has 0 aliphatic carbocycles. The molecule has 116 valence electrons. The van der Waals surface area contributed by atoms with Crippen molar-refractivity contribution in [2.45, 2.75) is 13.0 Å². The lowest BCUT2D eigenvalue weighted by molar-refractivity contribution is 0.0940. The molecular formula is C16H14BrCl2NO2. The lowest BCUT2D eigenvalue weighted by atomic mass is 10.1. The van der Waals surface area contributed by atoms with Crippen LogP contribution in [0.3, 0.4) is 0 Å². The Morgan fingerprint density at radius 1 is 1.23 bits per heavy atom. The SMILES string of the molecule is COc1ccc(C(C)NC(=O)c2ccc(Cl)cc2Cl)cc1Br. The van der Waals surface area contributed by atoms with Gasteiger partial charge in [0.15, 0.2) is 0 Å². The van der Waals surface area contributed by atoms with Gasteiger partial charge in [0.05, 0.1) is 28.2 Å². The summed E-state index contributed by atoms with van der Waals surface area (Å²) in [6.45, 7) is 1.90. The number of nitrogens with one attached hydrogen (secondary N) is 1. The highest BCUT2D eigenvalue weighted by atomic mass is 79.9. The number of ether oxygens (including phenoxy) is 1. The predicted octanol–water partition coefficient (Wildman–Crippen LogP) is 5.26. The average molecular weight is 403 g/mol. The number of methoxy groups -OCH3 is 1. The van der Waals surface area contributed by atoms with Gasteiger partial charge in [-0.15, -0.1) is 0 Å². The van der Waals surface area contributed by atoms with E-state index in [-0.39, 0.29) is 11.9 Å². The van der Waals surface area contributed by atoms with Crippen LogP contribution in [0.1, 0.15) is 28.9 Å². The Balaban J connectivity index is 2.15. The van der Waals surface area contributed by atoms with Crippen LogP contribution >= 0.6 is 39.1 Å². The number of benzene rings is 2. The smallest absolute Gasteiger partial charge is 0.253 e. The first-order valence-corrected chi connectivity index (χ1v) is 8.06. The average Bonchev–Trinajstić information content (AvgIpc) is 2.46. The monoisotopic (exact) mass is 401 g/mol. The van der Waals surface area contributed by atoms with Gasteiger partial charge in [0.1, 0.15) is 5.75 Å². The van der Waals surface area contributed by atoms with Crippen molar-refractivity contribution in [2.75, 3.05) is 7.11 Å². The number of halogens is 3. The summed E-state index contributed by atoms with van der Waals surface area (Å²) in [5, 5.41) is 3.73. The zero-order valence-electron chi connectivity index (χ0n) is 12.0. The Kier molecular flexibility index (Phi) is 5.73. The van der Waals surface area contributed by atoms with Gasteiger partial charge in [0.25, 0.3) is 5.91 Å². The maximum atomic E-state index is 12.3. The van der Waals surface area contributed by atoms with Crippen molar-refractivity contribution in [1.29, 1.82) is 0 Å². The van der Waals surface area contributed by atoms with Gasteiger partial charge < -0.3 is 10.1 Å². The highest BCUT2D eigenvalue weighted by molar-refractivity contribution is 9.10. The van der Waals surface area contributed by atoms with E-state index in [1.807, 2.05) is 25.1 Å². The van der Waals surface area contributed by atoms with Crippen LogP contribution in [0.25, 0.3) is 0 Å². The van der Waals surface area contributed by atoms with E-state index in [1.165, 1.54) is 0 Å². The summed E-state index contributed by atoms with van der Waals surface area (Å²) in [5.41, 5.74) is 1.34.